The molecule has 0 aliphatic rings. The summed E-state index contributed by atoms with van der Waals surface area (Å²) in [4.78, 5) is 0. The zero-order chi connectivity index (χ0) is 32.0. The molecule has 0 saturated heterocycles. The highest BCUT2D eigenvalue weighted by Crippen LogP contribution is 2.30. The predicted octanol–water partition coefficient (Wildman–Crippen LogP) is 12.0. The molecule has 7 aromatic carbocycles. The van der Waals surface area contributed by atoms with Gasteiger partial charge in [0.15, 0.2) is 0 Å². The Labute approximate surface area is 279 Å². The summed E-state index contributed by atoms with van der Waals surface area (Å²) in [6, 6.07) is 43.9. The van der Waals surface area contributed by atoms with E-state index in [2.05, 4.69) is 159 Å². The van der Waals surface area contributed by atoms with Gasteiger partial charge in [0.1, 0.15) is 0 Å². The Kier molecular flexibility index (Phi) is 9.04. The van der Waals surface area contributed by atoms with Gasteiger partial charge in [-0.05, 0) is 110 Å². The Morgan fingerprint density at radius 2 is 0.872 bits per heavy atom. The van der Waals surface area contributed by atoms with Crippen molar-refractivity contribution in [2.24, 2.45) is 0 Å². The fourth-order valence-electron chi connectivity index (χ4n) is 6.90. The van der Waals surface area contributed by atoms with Crippen molar-refractivity contribution in [2.75, 3.05) is 0 Å². The molecular weight excluding hydrogens is 565 g/mol. The molecule has 0 heteroatoms. The molecule has 0 heterocycles. The van der Waals surface area contributed by atoms with E-state index >= 15 is 0 Å². The van der Waals surface area contributed by atoms with E-state index in [-0.39, 0.29) is 0 Å². The Morgan fingerprint density at radius 3 is 1.36 bits per heavy atom. The Morgan fingerprint density at radius 1 is 0.447 bits per heavy atom. The highest BCUT2D eigenvalue weighted by atomic mass is 14.1. The minimum Gasteiger partial charge on any atom is -0.0930 e. The number of benzene rings is 7. The summed E-state index contributed by atoms with van der Waals surface area (Å²) >= 11 is 0. The fourth-order valence-corrected chi connectivity index (χ4v) is 6.90. The fraction of sp³-hybridized carbons (Fsp3) is 0.191. The van der Waals surface area contributed by atoms with Gasteiger partial charge in [-0.1, -0.05) is 147 Å². The van der Waals surface area contributed by atoms with Crippen LogP contribution in [-0.4, -0.2) is 0 Å². The third-order valence-corrected chi connectivity index (χ3v) is 9.40. The molecule has 0 nitrogen and oxygen atoms in total. The van der Waals surface area contributed by atoms with E-state index in [4.69, 9.17) is 0 Å². The van der Waals surface area contributed by atoms with Crippen molar-refractivity contribution in [1.82, 2.24) is 0 Å². The molecule has 47 heavy (non-hydrogen) atoms. The maximum Gasteiger partial charge on any atom is 0.0408 e. The number of fused-ring (bicyclic) bond motifs is 4. The minimum atomic E-state index is 0.685. The quantitative estimate of drug-likeness (QED) is 0.125. The van der Waals surface area contributed by atoms with E-state index in [0.717, 1.165) is 29.5 Å². The Hall–Kier alpha value is -5.30. The van der Waals surface area contributed by atoms with Crippen molar-refractivity contribution in [3.05, 3.63) is 155 Å². The average molecular weight is 605 g/mol. The van der Waals surface area contributed by atoms with E-state index in [9.17, 15) is 0 Å². The summed E-state index contributed by atoms with van der Waals surface area (Å²) in [7, 11) is 0. The monoisotopic (exact) mass is 604 g/mol. The molecule has 0 bridgehead atoms. The summed E-state index contributed by atoms with van der Waals surface area (Å²) in [5.41, 5.74) is 7.32. The maximum atomic E-state index is 3.67. The van der Waals surface area contributed by atoms with Crippen molar-refractivity contribution in [1.29, 1.82) is 0 Å². The van der Waals surface area contributed by atoms with Crippen LogP contribution in [0.15, 0.2) is 121 Å². The smallest absolute Gasteiger partial charge is 0.0408 e. The van der Waals surface area contributed by atoms with Crippen LogP contribution in [-0.2, 0) is 19.3 Å². The molecule has 0 saturated carbocycles. The number of rotatable bonds is 7. The first-order chi connectivity index (χ1) is 23.2. The van der Waals surface area contributed by atoms with E-state index in [1.807, 2.05) is 0 Å². The first-order valence-corrected chi connectivity index (χ1v) is 17.2. The van der Waals surface area contributed by atoms with Crippen molar-refractivity contribution in [3.8, 4) is 23.7 Å². The van der Waals surface area contributed by atoms with Gasteiger partial charge in [-0.25, -0.2) is 0 Å². The molecule has 0 fully saturated rings. The topological polar surface area (TPSA) is 0 Å². The molecule has 0 amide bonds. The van der Waals surface area contributed by atoms with Crippen LogP contribution in [0, 0.1) is 23.7 Å². The first-order valence-electron chi connectivity index (χ1n) is 17.2. The lowest BCUT2D eigenvalue weighted by atomic mass is 9.91. The molecule has 0 atom stereocenters. The third-order valence-electron chi connectivity index (χ3n) is 9.40. The van der Waals surface area contributed by atoms with Crippen molar-refractivity contribution in [2.45, 2.75) is 58.8 Å². The Balaban J connectivity index is 1.38. The molecule has 7 rings (SSSR count). The van der Waals surface area contributed by atoms with Gasteiger partial charge in [0.05, 0.1) is 0 Å². The maximum absolute atomic E-state index is 3.67. The van der Waals surface area contributed by atoms with Gasteiger partial charge in [0.25, 0.3) is 0 Å². The zero-order valence-electron chi connectivity index (χ0n) is 27.5. The van der Waals surface area contributed by atoms with Crippen LogP contribution in [0.25, 0.3) is 43.1 Å². The van der Waals surface area contributed by atoms with Gasteiger partial charge < -0.3 is 0 Å². The summed E-state index contributed by atoms with van der Waals surface area (Å²) in [6.07, 6.45) is 7.57. The van der Waals surface area contributed by atoms with E-state index in [1.54, 1.807) is 0 Å². The van der Waals surface area contributed by atoms with Crippen LogP contribution in [0.3, 0.4) is 0 Å². The van der Waals surface area contributed by atoms with Crippen LogP contribution in [0.2, 0.25) is 0 Å². The number of aryl methyl sites for hydroxylation is 2. The molecule has 0 unspecified atom stereocenters. The summed E-state index contributed by atoms with van der Waals surface area (Å²) in [5, 5.41) is 9.91. The van der Waals surface area contributed by atoms with Gasteiger partial charge in [-0.2, -0.15) is 0 Å². The van der Waals surface area contributed by atoms with E-state index in [1.165, 1.54) is 85.5 Å². The van der Waals surface area contributed by atoms with Gasteiger partial charge in [-0.15, -0.1) is 0 Å². The lowest BCUT2D eigenvalue weighted by Gasteiger charge is -2.12. The minimum absolute atomic E-state index is 0.685. The summed E-state index contributed by atoms with van der Waals surface area (Å²) in [6.45, 7) is 4.55. The average Bonchev–Trinajstić information content (AvgIpc) is 3.11. The standard InChI is InChI=1S/C47H40/c1-3-5-16-34-30-36(22-15-27-46-42-23-11-7-18-38(42)32-39-19-8-12-24-43(39)46)37(31-35(34)17-6-4-2)28-29-47-44-25-13-9-20-40(44)33-41-21-10-14-26-45(41)47/h7-14,18-21,23-26,30-33H,3-6,16-17,27H2,1-2H3. The second kappa shape index (κ2) is 14.0. The van der Waals surface area contributed by atoms with Crippen molar-refractivity contribution in [3.63, 3.8) is 0 Å². The van der Waals surface area contributed by atoms with E-state index < -0.39 is 0 Å². The lowest BCUT2D eigenvalue weighted by Crippen LogP contribution is -1.99. The lowest BCUT2D eigenvalue weighted by molar-refractivity contribution is 0.757. The molecule has 0 radical (unpaired) electrons. The SMILES string of the molecule is CCCCc1cc(C#CCc2c3ccccc3cc3ccccc23)c(C#Cc2c3ccccc3cc3ccccc23)cc1CCCC. The van der Waals surface area contributed by atoms with Crippen LogP contribution in [0.5, 0.6) is 0 Å². The highest BCUT2D eigenvalue weighted by Gasteiger charge is 2.11. The molecule has 0 aliphatic carbocycles. The largest absolute Gasteiger partial charge is 0.0930 e. The third kappa shape index (κ3) is 6.39. The van der Waals surface area contributed by atoms with Gasteiger partial charge in [0.2, 0.25) is 0 Å². The Bertz CT molecular complexity index is 2260. The number of hydrogen-bond donors (Lipinski definition) is 0. The van der Waals surface area contributed by atoms with Crippen molar-refractivity contribution >= 4 is 43.1 Å². The molecule has 228 valence electrons. The molecule has 0 N–H and O–H groups in total. The molecule has 7 aromatic rings. The van der Waals surface area contributed by atoms with Gasteiger partial charge >= 0.3 is 0 Å². The predicted molar refractivity (Wildman–Crippen MR) is 203 cm³/mol. The zero-order valence-corrected chi connectivity index (χ0v) is 27.5. The van der Waals surface area contributed by atoms with Gasteiger partial charge in [0, 0.05) is 23.1 Å². The van der Waals surface area contributed by atoms with Crippen LogP contribution in [0.1, 0.15) is 72.9 Å². The summed E-state index contributed by atoms with van der Waals surface area (Å²) in [5.74, 6) is 14.6. The summed E-state index contributed by atoms with van der Waals surface area (Å²) < 4.78 is 0. The van der Waals surface area contributed by atoms with Crippen molar-refractivity contribution < 1.29 is 0 Å². The molecule has 0 spiro atoms. The molecule has 0 aromatic heterocycles. The van der Waals surface area contributed by atoms with Crippen LogP contribution < -0.4 is 0 Å². The second-order valence-electron chi connectivity index (χ2n) is 12.6. The first kappa shape index (κ1) is 30.4. The normalized spacial score (nSPS) is 11.0. The van der Waals surface area contributed by atoms with Gasteiger partial charge in [-0.3, -0.25) is 0 Å². The van der Waals surface area contributed by atoms with E-state index in [0.29, 0.717) is 6.42 Å². The highest BCUT2D eigenvalue weighted by molar-refractivity contribution is 6.05. The van der Waals surface area contributed by atoms with Crippen LogP contribution >= 0.6 is 0 Å². The number of hydrogen-bond acceptors (Lipinski definition) is 0. The van der Waals surface area contributed by atoms with Crippen LogP contribution in [0.4, 0.5) is 0 Å². The number of unbranched alkanes of at least 4 members (excludes halogenated alkanes) is 2. The molecular formula is C47H40. The second-order valence-corrected chi connectivity index (χ2v) is 12.6. The molecule has 0 aliphatic heterocycles.